The number of carbonyl (C=O) groups excluding carboxylic acids is 1. The molecule has 3 rings (SSSR count). The molecule has 3 aromatic rings. The molecule has 0 saturated heterocycles. The summed E-state index contributed by atoms with van der Waals surface area (Å²) in [7, 11) is 0. The highest BCUT2D eigenvalue weighted by Gasteiger charge is 2.14. The lowest BCUT2D eigenvalue weighted by molar-refractivity contribution is -0.137. The number of benzene rings is 1. The molecule has 0 aliphatic heterocycles. The quantitative estimate of drug-likeness (QED) is 0.703. The molecule has 7 heteroatoms. The van der Waals surface area contributed by atoms with Gasteiger partial charge in [-0.05, 0) is 19.1 Å². The second-order valence-corrected chi connectivity index (χ2v) is 5.10. The summed E-state index contributed by atoms with van der Waals surface area (Å²) in [5.74, 6) is -1.07. The van der Waals surface area contributed by atoms with Crippen LogP contribution in [0.1, 0.15) is 17.3 Å². The molecule has 2 heterocycles. The molecule has 0 unspecified atom stereocenters. The van der Waals surface area contributed by atoms with Crippen molar-refractivity contribution in [3.63, 3.8) is 0 Å². The first-order valence-corrected chi connectivity index (χ1v) is 6.92. The number of hydrogen-bond acceptors (Lipinski definition) is 5. The minimum Gasteiger partial charge on any atom is -0.480 e. The highest BCUT2D eigenvalue weighted by Crippen LogP contribution is 2.26. The van der Waals surface area contributed by atoms with Crippen LogP contribution in [-0.2, 0) is 11.3 Å². The number of nitrogens with zero attached hydrogens (tertiary/aromatic N) is 3. The zero-order valence-electron chi connectivity index (χ0n) is 12.4. The van der Waals surface area contributed by atoms with Gasteiger partial charge in [-0.25, -0.2) is 9.97 Å². The molecule has 1 aromatic carbocycles. The second-order valence-electron chi connectivity index (χ2n) is 5.10. The first-order valence-electron chi connectivity index (χ1n) is 6.92. The minimum atomic E-state index is -0.966. The maximum absolute atomic E-state index is 11.7. The Morgan fingerprint density at radius 1 is 1.22 bits per heavy atom. The predicted octanol–water partition coefficient (Wildman–Crippen LogP) is 2.46. The maximum Gasteiger partial charge on any atom is 0.323 e. The number of carboxylic acids is 1. The second kappa shape index (κ2) is 5.88. The number of aromatic nitrogens is 3. The Kier molecular flexibility index (Phi) is 3.76. The summed E-state index contributed by atoms with van der Waals surface area (Å²) in [5, 5.41) is 12.9. The van der Waals surface area contributed by atoms with Crippen LogP contribution in [0.5, 0.6) is 0 Å². The molecular weight excluding hydrogens is 296 g/mol. The summed E-state index contributed by atoms with van der Waals surface area (Å²) in [5.41, 5.74) is 2.66. The summed E-state index contributed by atoms with van der Waals surface area (Å²) in [6.45, 7) is 1.26. The molecule has 2 aromatic heterocycles. The molecule has 0 aliphatic carbocycles. The monoisotopic (exact) mass is 310 g/mol. The van der Waals surface area contributed by atoms with Crippen LogP contribution in [0.3, 0.4) is 0 Å². The molecule has 116 valence electrons. The standard InChI is InChI=1S/C16H14N4O3/c1-10(21)14-7-20(8-16(22)23)15-4-11(2-3-13(14)15)19-12-5-17-9-18-6-12/h2-7,9,19H,8H2,1H3,(H,22,23). The van der Waals surface area contributed by atoms with Crippen molar-refractivity contribution >= 4 is 34.0 Å². The number of ketones is 1. The van der Waals surface area contributed by atoms with E-state index in [0.29, 0.717) is 11.1 Å². The summed E-state index contributed by atoms with van der Waals surface area (Å²) in [4.78, 5) is 30.6. The Bertz CT molecular complexity index is 887. The van der Waals surface area contributed by atoms with Gasteiger partial charge in [0.25, 0.3) is 0 Å². The lowest BCUT2D eigenvalue weighted by Crippen LogP contribution is -2.07. The Hall–Kier alpha value is -3.22. The van der Waals surface area contributed by atoms with Crippen molar-refractivity contribution in [1.82, 2.24) is 14.5 Å². The molecule has 23 heavy (non-hydrogen) atoms. The number of Topliss-reactive ketones (excluding diaryl/α,β-unsaturated/α-hetero) is 1. The number of aliphatic carboxylic acids is 1. The van der Waals surface area contributed by atoms with Gasteiger partial charge in [-0.2, -0.15) is 0 Å². The average molecular weight is 310 g/mol. The van der Waals surface area contributed by atoms with Crippen molar-refractivity contribution in [2.24, 2.45) is 0 Å². The van der Waals surface area contributed by atoms with Crippen LogP contribution in [-0.4, -0.2) is 31.4 Å². The van der Waals surface area contributed by atoms with Gasteiger partial charge in [-0.3, -0.25) is 9.59 Å². The normalized spacial score (nSPS) is 10.7. The van der Waals surface area contributed by atoms with Crippen molar-refractivity contribution in [2.75, 3.05) is 5.32 Å². The number of fused-ring (bicyclic) bond motifs is 1. The maximum atomic E-state index is 11.7. The van der Waals surface area contributed by atoms with E-state index in [1.165, 1.54) is 13.3 Å². The van der Waals surface area contributed by atoms with Crippen molar-refractivity contribution in [1.29, 1.82) is 0 Å². The van der Waals surface area contributed by atoms with Gasteiger partial charge in [0.05, 0.1) is 23.6 Å². The van der Waals surface area contributed by atoms with Gasteiger partial charge in [-0.15, -0.1) is 0 Å². The fourth-order valence-electron chi connectivity index (χ4n) is 2.46. The zero-order chi connectivity index (χ0) is 16.4. The predicted molar refractivity (Wildman–Crippen MR) is 84.9 cm³/mol. The molecule has 7 nitrogen and oxygen atoms in total. The molecule has 0 atom stereocenters. The fourth-order valence-corrected chi connectivity index (χ4v) is 2.46. The highest BCUT2D eigenvalue weighted by molar-refractivity contribution is 6.07. The fraction of sp³-hybridized carbons (Fsp3) is 0.125. The molecule has 2 N–H and O–H groups in total. The number of carbonyl (C=O) groups is 2. The lowest BCUT2D eigenvalue weighted by atomic mass is 10.1. The number of anilines is 2. The van der Waals surface area contributed by atoms with E-state index >= 15 is 0 Å². The summed E-state index contributed by atoms with van der Waals surface area (Å²) in [6.07, 6.45) is 6.28. The smallest absolute Gasteiger partial charge is 0.323 e. The molecule has 0 saturated carbocycles. The Labute approximate surface area is 131 Å². The van der Waals surface area contributed by atoms with Gasteiger partial charge in [0.2, 0.25) is 0 Å². The van der Waals surface area contributed by atoms with Gasteiger partial charge >= 0.3 is 5.97 Å². The van der Waals surface area contributed by atoms with Gasteiger partial charge < -0.3 is 15.0 Å². The number of hydrogen-bond donors (Lipinski definition) is 2. The lowest BCUT2D eigenvalue weighted by Gasteiger charge is -2.07. The third-order valence-electron chi connectivity index (χ3n) is 3.42. The molecular formula is C16H14N4O3. The zero-order valence-corrected chi connectivity index (χ0v) is 12.4. The van der Waals surface area contributed by atoms with Crippen molar-refractivity contribution in [3.8, 4) is 0 Å². The van der Waals surface area contributed by atoms with Gasteiger partial charge in [0, 0.05) is 22.8 Å². The molecule has 0 fully saturated rings. The van der Waals surface area contributed by atoms with Crippen LogP contribution in [0.2, 0.25) is 0 Å². The van der Waals surface area contributed by atoms with Crippen LogP contribution in [0.4, 0.5) is 11.4 Å². The summed E-state index contributed by atoms with van der Waals surface area (Å²) in [6, 6.07) is 5.43. The van der Waals surface area contributed by atoms with Crippen LogP contribution in [0, 0.1) is 0 Å². The third kappa shape index (κ3) is 3.03. The summed E-state index contributed by atoms with van der Waals surface area (Å²) < 4.78 is 1.56. The van der Waals surface area contributed by atoms with Crippen LogP contribution >= 0.6 is 0 Å². The van der Waals surface area contributed by atoms with Crippen molar-refractivity contribution in [3.05, 3.63) is 48.7 Å². The number of rotatable bonds is 5. The van der Waals surface area contributed by atoms with Crippen molar-refractivity contribution in [2.45, 2.75) is 13.5 Å². The van der Waals surface area contributed by atoms with E-state index in [1.807, 2.05) is 6.07 Å². The van der Waals surface area contributed by atoms with E-state index in [0.717, 1.165) is 16.8 Å². The summed E-state index contributed by atoms with van der Waals surface area (Å²) >= 11 is 0. The highest BCUT2D eigenvalue weighted by atomic mass is 16.4. The Balaban J connectivity index is 2.06. The largest absolute Gasteiger partial charge is 0.480 e. The molecule has 0 amide bonds. The van der Waals surface area contributed by atoms with E-state index in [4.69, 9.17) is 5.11 Å². The molecule has 0 spiro atoms. The Morgan fingerprint density at radius 2 is 1.96 bits per heavy atom. The SMILES string of the molecule is CC(=O)c1cn(CC(=O)O)c2cc(Nc3cncnc3)ccc12. The van der Waals surface area contributed by atoms with E-state index in [2.05, 4.69) is 15.3 Å². The van der Waals surface area contributed by atoms with Gasteiger partial charge in [-0.1, -0.05) is 6.07 Å². The third-order valence-corrected chi connectivity index (χ3v) is 3.42. The molecule has 0 bridgehead atoms. The van der Waals surface area contributed by atoms with E-state index < -0.39 is 5.97 Å². The van der Waals surface area contributed by atoms with E-state index in [9.17, 15) is 9.59 Å². The van der Waals surface area contributed by atoms with Gasteiger partial charge in [0.1, 0.15) is 12.9 Å². The minimum absolute atomic E-state index is 0.101. The average Bonchev–Trinajstić information content (AvgIpc) is 2.86. The van der Waals surface area contributed by atoms with E-state index in [1.54, 1.807) is 35.3 Å². The van der Waals surface area contributed by atoms with Crippen LogP contribution < -0.4 is 5.32 Å². The van der Waals surface area contributed by atoms with E-state index in [-0.39, 0.29) is 12.3 Å². The Morgan fingerprint density at radius 3 is 2.61 bits per heavy atom. The number of carboxylic acid groups (broad SMARTS) is 1. The van der Waals surface area contributed by atoms with Crippen LogP contribution in [0.25, 0.3) is 10.9 Å². The first-order chi connectivity index (χ1) is 11.0. The molecule has 0 radical (unpaired) electrons. The topological polar surface area (TPSA) is 97.1 Å². The van der Waals surface area contributed by atoms with Crippen LogP contribution in [0.15, 0.2) is 43.1 Å². The van der Waals surface area contributed by atoms with Crippen molar-refractivity contribution < 1.29 is 14.7 Å². The van der Waals surface area contributed by atoms with Gasteiger partial charge in [0.15, 0.2) is 5.78 Å². The molecule has 0 aliphatic rings. The first kappa shape index (κ1) is 14.7. The number of nitrogens with one attached hydrogen (secondary N) is 1.